The van der Waals surface area contributed by atoms with E-state index in [9.17, 15) is 9.00 Å². The topological polar surface area (TPSA) is 114 Å². The van der Waals surface area contributed by atoms with Crippen LogP contribution in [0.5, 0.6) is 0 Å². The molecule has 142 valence electrons. The van der Waals surface area contributed by atoms with E-state index < -0.39 is 9.73 Å². The van der Waals surface area contributed by atoms with Crippen molar-refractivity contribution in [1.29, 1.82) is 4.78 Å². The Balaban J connectivity index is 1.94. The van der Waals surface area contributed by atoms with Crippen LogP contribution in [0.15, 0.2) is 40.2 Å². The molecule has 0 aliphatic rings. The summed E-state index contributed by atoms with van der Waals surface area (Å²) in [5.41, 5.74) is 1.42. The minimum Gasteiger partial charge on any atom is -0.361 e. The van der Waals surface area contributed by atoms with Crippen LogP contribution in [0.4, 0.5) is 5.82 Å². The molecule has 2 N–H and O–H groups in total. The molecule has 0 radical (unpaired) electrons. The van der Waals surface area contributed by atoms with Crippen molar-refractivity contribution in [2.75, 3.05) is 11.6 Å². The van der Waals surface area contributed by atoms with Crippen LogP contribution < -0.4 is 10.9 Å². The van der Waals surface area contributed by atoms with Crippen molar-refractivity contribution in [3.05, 3.63) is 51.7 Å². The van der Waals surface area contributed by atoms with Gasteiger partial charge >= 0.3 is 0 Å². The van der Waals surface area contributed by atoms with Crippen molar-refractivity contribution in [3.63, 3.8) is 0 Å². The Hall–Kier alpha value is -2.52. The van der Waals surface area contributed by atoms with Crippen LogP contribution in [0.1, 0.15) is 25.5 Å². The van der Waals surface area contributed by atoms with Gasteiger partial charge in [-0.3, -0.25) is 9.36 Å². The van der Waals surface area contributed by atoms with Crippen molar-refractivity contribution in [2.45, 2.75) is 31.3 Å². The van der Waals surface area contributed by atoms with E-state index in [2.05, 4.69) is 20.3 Å². The van der Waals surface area contributed by atoms with Gasteiger partial charge in [-0.05, 0) is 43.1 Å². The minimum atomic E-state index is -2.75. The molecule has 27 heavy (non-hydrogen) atoms. The maximum absolute atomic E-state index is 12.8. The zero-order chi connectivity index (χ0) is 19.8. The number of benzene rings is 1. The number of aromatic nitrogens is 4. The molecular formula is C17H19ClN6O2S. The van der Waals surface area contributed by atoms with E-state index in [4.69, 9.17) is 16.4 Å². The molecule has 0 saturated heterocycles. The Bertz CT molecular complexity index is 1160. The van der Waals surface area contributed by atoms with Gasteiger partial charge in [0.25, 0.3) is 5.56 Å². The lowest BCUT2D eigenvalue weighted by Crippen LogP contribution is -2.27. The highest BCUT2D eigenvalue weighted by Crippen LogP contribution is 2.16. The number of rotatable bonds is 5. The quantitative estimate of drug-likeness (QED) is 0.629. The molecule has 1 atom stereocenters. The number of fused-ring (bicyclic) bond motifs is 1. The lowest BCUT2D eigenvalue weighted by molar-refractivity contribution is 0.593. The summed E-state index contributed by atoms with van der Waals surface area (Å²) in [5.74, 6) is 0.186. The van der Waals surface area contributed by atoms with Gasteiger partial charge in [0.1, 0.15) is 5.52 Å². The number of nitrogens with one attached hydrogen (secondary N) is 2. The number of hydrogen-bond acceptors (Lipinski definition) is 7. The van der Waals surface area contributed by atoms with Gasteiger partial charge in [0.05, 0.1) is 15.9 Å². The third-order valence-corrected chi connectivity index (χ3v) is 5.31. The monoisotopic (exact) mass is 406 g/mol. The van der Waals surface area contributed by atoms with Gasteiger partial charge in [-0.2, -0.15) is 4.98 Å². The second-order valence-electron chi connectivity index (χ2n) is 6.42. The minimum absolute atomic E-state index is 0.0563. The first-order valence-corrected chi connectivity index (χ1v) is 10.5. The Morgan fingerprint density at radius 2 is 1.93 bits per heavy atom. The molecular weight excluding hydrogens is 388 g/mol. The second-order valence-corrected chi connectivity index (χ2v) is 8.92. The van der Waals surface area contributed by atoms with Crippen LogP contribution in [0, 0.1) is 4.78 Å². The summed E-state index contributed by atoms with van der Waals surface area (Å²) < 4.78 is 20.9. The fourth-order valence-electron chi connectivity index (χ4n) is 2.63. The van der Waals surface area contributed by atoms with Crippen molar-refractivity contribution in [2.24, 2.45) is 0 Å². The van der Waals surface area contributed by atoms with Gasteiger partial charge in [-0.25, -0.2) is 19.0 Å². The highest BCUT2D eigenvalue weighted by atomic mass is 35.5. The van der Waals surface area contributed by atoms with E-state index in [1.165, 1.54) is 17.0 Å². The molecule has 0 amide bonds. The van der Waals surface area contributed by atoms with E-state index in [1.807, 2.05) is 13.8 Å². The SMILES string of the molecule is CC(C)n1c(=O)c(NCc2ccc(S(C)(=N)=O)cc2)nc2cnc(Cl)nc21. The Labute approximate surface area is 161 Å². The predicted octanol–water partition coefficient (Wildman–Crippen LogP) is 3.07. The zero-order valence-electron chi connectivity index (χ0n) is 15.1. The molecule has 0 saturated carbocycles. The van der Waals surface area contributed by atoms with Crippen LogP contribution in [0.25, 0.3) is 11.2 Å². The molecule has 3 aromatic rings. The molecule has 0 fully saturated rings. The molecule has 0 spiro atoms. The second kappa shape index (κ2) is 7.24. The summed E-state index contributed by atoms with van der Waals surface area (Å²) in [5, 5.41) is 3.09. The summed E-state index contributed by atoms with van der Waals surface area (Å²) in [4.78, 5) is 25.7. The van der Waals surface area contributed by atoms with Crippen LogP contribution >= 0.6 is 11.6 Å². The summed E-state index contributed by atoms with van der Waals surface area (Å²) in [6.07, 6.45) is 2.86. The average Bonchev–Trinajstić information content (AvgIpc) is 2.59. The molecule has 0 aliphatic heterocycles. The number of anilines is 1. The Kier molecular flexibility index (Phi) is 5.16. The smallest absolute Gasteiger partial charge is 0.295 e. The largest absolute Gasteiger partial charge is 0.361 e. The summed E-state index contributed by atoms with van der Waals surface area (Å²) in [7, 11) is -2.75. The van der Waals surface area contributed by atoms with Crippen LogP contribution in [-0.4, -0.2) is 30.0 Å². The first kappa shape index (κ1) is 19.2. The number of halogens is 1. The van der Waals surface area contributed by atoms with E-state index in [-0.39, 0.29) is 22.7 Å². The summed E-state index contributed by atoms with van der Waals surface area (Å²) >= 11 is 5.86. The van der Waals surface area contributed by atoms with Gasteiger partial charge in [0.15, 0.2) is 11.5 Å². The molecule has 1 aromatic carbocycles. The molecule has 0 bridgehead atoms. The highest BCUT2D eigenvalue weighted by molar-refractivity contribution is 7.91. The van der Waals surface area contributed by atoms with Crippen LogP contribution in [0.3, 0.4) is 0 Å². The van der Waals surface area contributed by atoms with Gasteiger partial charge < -0.3 is 5.32 Å². The van der Waals surface area contributed by atoms with Crippen molar-refractivity contribution in [3.8, 4) is 0 Å². The van der Waals surface area contributed by atoms with Crippen LogP contribution in [0.2, 0.25) is 5.28 Å². The lowest BCUT2D eigenvalue weighted by atomic mass is 10.2. The normalized spacial score (nSPS) is 13.7. The number of nitrogens with zero attached hydrogens (tertiary/aromatic N) is 4. The van der Waals surface area contributed by atoms with Gasteiger partial charge in [0, 0.05) is 23.7 Å². The van der Waals surface area contributed by atoms with Crippen molar-refractivity contribution >= 4 is 38.3 Å². The van der Waals surface area contributed by atoms with E-state index >= 15 is 0 Å². The molecule has 3 rings (SSSR count). The van der Waals surface area contributed by atoms with E-state index in [0.29, 0.717) is 22.6 Å². The van der Waals surface area contributed by atoms with Crippen LogP contribution in [-0.2, 0) is 16.3 Å². The Morgan fingerprint density at radius 1 is 1.26 bits per heavy atom. The van der Waals surface area contributed by atoms with E-state index in [0.717, 1.165) is 5.56 Å². The standard InChI is InChI=1S/C17H19ClN6O2S/c1-10(2)24-15-13(9-21-17(18)23-15)22-14(16(24)25)20-8-11-4-6-12(7-5-11)27(3,19)26/h4-7,9-10,19H,8H2,1-3H3,(H,20,22). The third kappa shape index (κ3) is 4.09. The average molecular weight is 407 g/mol. The van der Waals surface area contributed by atoms with E-state index in [1.54, 1.807) is 24.3 Å². The predicted molar refractivity (Wildman–Crippen MR) is 106 cm³/mol. The van der Waals surface area contributed by atoms with Gasteiger partial charge in [-0.1, -0.05) is 12.1 Å². The zero-order valence-corrected chi connectivity index (χ0v) is 16.6. The van der Waals surface area contributed by atoms with Crippen molar-refractivity contribution < 1.29 is 4.21 Å². The summed E-state index contributed by atoms with van der Waals surface area (Å²) in [6.45, 7) is 4.11. The molecule has 2 aromatic heterocycles. The van der Waals surface area contributed by atoms with Gasteiger partial charge in [-0.15, -0.1) is 0 Å². The molecule has 2 heterocycles. The fraction of sp³-hybridized carbons (Fsp3) is 0.294. The van der Waals surface area contributed by atoms with Gasteiger partial charge in [0.2, 0.25) is 5.28 Å². The lowest BCUT2D eigenvalue weighted by Gasteiger charge is -2.15. The Morgan fingerprint density at radius 3 is 2.52 bits per heavy atom. The fourth-order valence-corrected chi connectivity index (χ4v) is 3.41. The highest BCUT2D eigenvalue weighted by Gasteiger charge is 2.15. The number of hydrogen-bond donors (Lipinski definition) is 2. The summed E-state index contributed by atoms with van der Waals surface area (Å²) in [6, 6.07) is 6.71. The maximum atomic E-state index is 12.8. The molecule has 1 unspecified atom stereocenters. The first-order valence-electron chi connectivity index (χ1n) is 8.18. The first-order chi connectivity index (χ1) is 12.7. The molecule has 8 nitrogen and oxygen atoms in total. The maximum Gasteiger partial charge on any atom is 0.295 e. The molecule has 0 aliphatic carbocycles. The molecule has 10 heteroatoms. The van der Waals surface area contributed by atoms with Crippen molar-refractivity contribution in [1.82, 2.24) is 19.5 Å². The third-order valence-electron chi connectivity index (χ3n) is 3.95.